The highest BCUT2D eigenvalue weighted by Crippen LogP contribution is 2.44. The first-order valence-corrected chi connectivity index (χ1v) is 4.83. The highest BCUT2D eigenvalue weighted by Gasteiger charge is 2.40. The van der Waals surface area contributed by atoms with Crippen molar-refractivity contribution in [3.63, 3.8) is 0 Å². The monoisotopic (exact) mass is 231 g/mol. The van der Waals surface area contributed by atoms with Gasteiger partial charge in [-0.15, -0.1) is 0 Å². The molecule has 2 N–H and O–H groups in total. The van der Waals surface area contributed by atoms with E-state index in [1.807, 2.05) is 0 Å². The number of pyridine rings is 1. The van der Waals surface area contributed by atoms with Crippen LogP contribution in [0, 0.1) is 0 Å². The Balaban J connectivity index is 2.47. The van der Waals surface area contributed by atoms with Crippen molar-refractivity contribution in [2.45, 2.75) is 24.9 Å². The second-order valence-electron chi connectivity index (χ2n) is 3.85. The van der Waals surface area contributed by atoms with E-state index in [-0.39, 0.29) is 17.1 Å². The normalized spacial score (nSPS) is 16.3. The summed E-state index contributed by atoms with van der Waals surface area (Å²) >= 11 is 0. The first-order chi connectivity index (χ1) is 7.39. The molecule has 0 bridgehead atoms. The minimum Gasteiger partial charge on any atom is -0.423 e. The molecule has 0 aromatic carbocycles. The third kappa shape index (κ3) is 2.20. The van der Waals surface area contributed by atoms with E-state index >= 15 is 0 Å². The molecule has 3 nitrogen and oxygen atoms in total. The van der Waals surface area contributed by atoms with Gasteiger partial charge in [-0.25, -0.2) is 0 Å². The molecule has 1 heterocycles. The minimum absolute atomic E-state index is 0.0110. The molecule has 0 aliphatic heterocycles. The largest absolute Gasteiger partial charge is 0.490 e. The summed E-state index contributed by atoms with van der Waals surface area (Å²) in [5, 5.41) is 17.6. The van der Waals surface area contributed by atoms with Crippen LogP contribution in [0.2, 0.25) is 0 Å². The van der Waals surface area contributed by atoms with Gasteiger partial charge in [0, 0.05) is 17.6 Å². The second kappa shape index (κ2) is 3.74. The third-order valence-corrected chi connectivity index (χ3v) is 2.51. The lowest BCUT2D eigenvalue weighted by molar-refractivity contribution is -0.138. The zero-order chi connectivity index (χ0) is 11.9. The Labute approximate surface area is 90.1 Å². The van der Waals surface area contributed by atoms with Gasteiger partial charge < -0.3 is 10.0 Å². The van der Waals surface area contributed by atoms with Crippen LogP contribution in [-0.4, -0.2) is 22.2 Å². The number of aromatic nitrogens is 1. The van der Waals surface area contributed by atoms with E-state index in [1.165, 1.54) is 0 Å². The van der Waals surface area contributed by atoms with Crippen molar-refractivity contribution in [2.75, 3.05) is 0 Å². The van der Waals surface area contributed by atoms with Gasteiger partial charge in [-0.3, -0.25) is 4.98 Å². The molecule has 0 amide bonds. The zero-order valence-corrected chi connectivity index (χ0v) is 8.20. The summed E-state index contributed by atoms with van der Waals surface area (Å²) in [5.74, 6) is -0.137. The van der Waals surface area contributed by atoms with Gasteiger partial charge in [-0.05, 0) is 18.9 Å². The van der Waals surface area contributed by atoms with Gasteiger partial charge in [0.1, 0.15) is 0 Å². The SMILES string of the molecule is OB(O)c1cnc(C2CC2)c(C(F)(F)F)c1. The highest BCUT2D eigenvalue weighted by molar-refractivity contribution is 6.58. The maximum Gasteiger partial charge on any atom is 0.490 e. The van der Waals surface area contributed by atoms with Crippen LogP contribution in [-0.2, 0) is 6.18 Å². The number of hydrogen-bond acceptors (Lipinski definition) is 3. The van der Waals surface area contributed by atoms with Gasteiger partial charge in [0.15, 0.2) is 0 Å². The van der Waals surface area contributed by atoms with E-state index in [1.54, 1.807) is 0 Å². The van der Waals surface area contributed by atoms with E-state index in [9.17, 15) is 13.2 Å². The smallest absolute Gasteiger partial charge is 0.423 e. The van der Waals surface area contributed by atoms with Crippen molar-refractivity contribution in [3.8, 4) is 0 Å². The Morgan fingerprint density at radius 3 is 2.38 bits per heavy atom. The van der Waals surface area contributed by atoms with E-state index in [4.69, 9.17) is 10.0 Å². The summed E-state index contributed by atoms with van der Waals surface area (Å²) in [6.45, 7) is 0. The number of hydrogen-bond donors (Lipinski definition) is 2. The van der Waals surface area contributed by atoms with Crippen LogP contribution in [0.4, 0.5) is 13.2 Å². The van der Waals surface area contributed by atoms with Crippen molar-refractivity contribution in [2.24, 2.45) is 0 Å². The molecule has 1 saturated carbocycles. The van der Waals surface area contributed by atoms with Gasteiger partial charge >= 0.3 is 13.3 Å². The Morgan fingerprint density at radius 1 is 1.31 bits per heavy atom. The van der Waals surface area contributed by atoms with Crippen molar-refractivity contribution in [3.05, 3.63) is 23.5 Å². The van der Waals surface area contributed by atoms with Crippen molar-refractivity contribution < 1.29 is 23.2 Å². The number of alkyl halides is 3. The molecule has 1 aromatic rings. The fourth-order valence-corrected chi connectivity index (χ4v) is 1.54. The predicted octanol–water partition coefficient (Wildman–Crippen LogP) is 0.658. The molecule has 0 saturated heterocycles. The van der Waals surface area contributed by atoms with Gasteiger partial charge in [0.05, 0.1) is 11.3 Å². The molecule has 7 heteroatoms. The summed E-state index contributed by atoms with van der Waals surface area (Å²) in [4.78, 5) is 3.69. The van der Waals surface area contributed by atoms with Crippen LogP contribution in [0.15, 0.2) is 12.3 Å². The van der Waals surface area contributed by atoms with Gasteiger partial charge in [0.25, 0.3) is 0 Å². The summed E-state index contributed by atoms with van der Waals surface area (Å²) in [7, 11) is -1.93. The second-order valence-corrected chi connectivity index (χ2v) is 3.85. The molecule has 2 rings (SSSR count). The Bertz CT molecular complexity index is 404. The van der Waals surface area contributed by atoms with Gasteiger partial charge in [0.2, 0.25) is 0 Å². The molecule has 0 radical (unpaired) electrons. The van der Waals surface area contributed by atoms with Crippen LogP contribution < -0.4 is 5.46 Å². The van der Waals surface area contributed by atoms with Crippen molar-refractivity contribution in [1.82, 2.24) is 4.98 Å². The molecule has 86 valence electrons. The first kappa shape index (κ1) is 11.4. The summed E-state index contributed by atoms with van der Waals surface area (Å²) in [6, 6.07) is 0.755. The number of rotatable bonds is 2. The van der Waals surface area contributed by atoms with E-state index in [2.05, 4.69) is 4.98 Å². The molecular formula is C9H9BF3NO2. The fraction of sp³-hybridized carbons (Fsp3) is 0.444. The van der Waals surface area contributed by atoms with Crippen molar-refractivity contribution in [1.29, 1.82) is 0 Å². The molecule has 1 aliphatic rings. The average molecular weight is 231 g/mol. The average Bonchev–Trinajstić information content (AvgIpc) is 2.98. The fourth-order valence-electron chi connectivity index (χ4n) is 1.54. The Morgan fingerprint density at radius 2 is 1.94 bits per heavy atom. The molecule has 0 spiro atoms. The summed E-state index contributed by atoms with van der Waals surface area (Å²) in [5.41, 5.74) is -1.09. The van der Waals surface area contributed by atoms with Crippen LogP contribution in [0.5, 0.6) is 0 Å². The molecule has 1 fully saturated rings. The Hall–Kier alpha value is -1.08. The summed E-state index contributed by atoms with van der Waals surface area (Å²) in [6.07, 6.45) is -2.02. The quantitative estimate of drug-likeness (QED) is 0.735. The van der Waals surface area contributed by atoms with Gasteiger partial charge in [-0.1, -0.05) is 0 Å². The number of nitrogens with zero attached hydrogens (tertiary/aromatic N) is 1. The molecule has 0 atom stereocenters. The lowest BCUT2D eigenvalue weighted by atomic mass is 9.80. The standard InChI is InChI=1S/C9H9BF3NO2/c11-9(12,13)7-3-6(10(15)16)4-14-8(7)5-1-2-5/h3-5,15-16H,1-2H2. The minimum atomic E-state index is -4.50. The number of halogens is 3. The molecular weight excluding hydrogens is 222 g/mol. The Kier molecular flexibility index (Phi) is 2.67. The van der Waals surface area contributed by atoms with Crippen LogP contribution >= 0.6 is 0 Å². The van der Waals surface area contributed by atoms with E-state index < -0.39 is 18.9 Å². The van der Waals surface area contributed by atoms with Crippen LogP contribution in [0.3, 0.4) is 0 Å². The lowest BCUT2D eigenvalue weighted by Gasteiger charge is -2.12. The first-order valence-electron chi connectivity index (χ1n) is 4.83. The summed E-state index contributed by atoms with van der Waals surface area (Å²) < 4.78 is 38.0. The van der Waals surface area contributed by atoms with Crippen LogP contribution in [0.25, 0.3) is 0 Å². The highest BCUT2D eigenvalue weighted by atomic mass is 19.4. The predicted molar refractivity (Wildman–Crippen MR) is 51.0 cm³/mol. The maximum absolute atomic E-state index is 12.7. The van der Waals surface area contributed by atoms with Crippen LogP contribution in [0.1, 0.15) is 30.0 Å². The molecule has 16 heavy (non-hydrogen) atoms. The topological polar surface area (TPSA) is 53.4 Å². The third-order valence-electron chi connectivity index (χ3n) is 2.51. The molecule has 1 aromatic heterocycles. The van der Waals surface area contributed by atoms with Crippen molar-refractivity contribution >= 4 is 12.6 Å². The lowest BCUT2D eigenvalue weighted by Crippen LogP contribution is -2.32. The maximum atomic E-state index is 12.7. The van der Waals surface area contributed by atoms with E-state index in [0.717, 1.165) is 12.3 Å². The van der Waals surface area contributed by atoms with E-state index in [0.29, 0.717) is 12.8 Å². The molecule has 0 unspecified atom stereocenters. The molecule has 1 aliphatic carbocycles. The van der Waals surface area contributed by atoms with Gasteiger partial charge in [-0.2, -0.15) is 13.2 Å². The zero-order valence-electron chi connectivity index (χ0n) is 8.20.